The van der Waals surface area contributed by atoms with E-state index in [1.165, 1.54) is 6.92 Å². The molecule has 0 aliphatic carbocycles. The standard InChI is InChI=1S/C30H34O7Si/c1-29(2,3)38(23-16-10-6-11-17-23,24-18-12-7-13-19-24)37-26-25(36-27(31)30(26,4)33)21-35-28(32)34-20-22-14-8-5-9-15-22/h5-19,25-26,33H,20-21H2,1-4H3/t25-,26-,30+/m1/s1. The third-order valence-electron chi connectivity index (χ3n) is 6.85. The lowest BCUT2D eigenvalue weighted by molar-refractivity contribution is -0.155. The summed E-state index contributed by atoms with van der Waals surface area (Å²) in [4.78, 5) is 25.1. The molecule has 4 rings (SSSR count). The highest BCUT2D eigenvalue weighted by Crippen LogP contribution is 2.41. The van der Waals surface area contributed by atoms with Gasteiger partial charge in [-0.2, -0.15) is 0 Å². The van der Waals surface area contributed by atoms with Gasteiger partial charge in [0.05, 0.1) is 0 Å². The number of ether oxygens (including phenoxy) is 3. The zero-order valence-corrected chi connectivity index (χ0v) is 23.1. The molecule has 0 amide bonds. The van der Waals surface area contributed by atoms with E-state index in [-0.39, 0.29) is 13.2 Å². The van der Waals surface area contributed by atoms with E-state index in [1.54, 1.807) is 0 Å². The third kappa shape index (κ3) is 5.52. The zero-order valence-electron chi connectivity index (χ0n) is 22.1. The quantitative estimate of drug-likeness (QED) is 0.346. The third-order valence-corrected chi connectivity index (χ3v) is 11.9. The molecule has 200 valence electrons. The van der Waals surface area contributed by atoms with E-state index in [0.29, 0.717) is 0 Å². The summed E-state index contributed by atoms with van der Waals surface area (Å²) >= 11 is 0. The molecule has 0 bridgehead atoms. The van der Waals surface area contributed by atoms with Crippen molar-refractivity contribution in [3.8, 4) is 0 Å². The van der Waals surface area contributed by atoms with Crippen LogP contribution in [0.15, 0.2) is 91.0 Å². The number of carbonyl (C=O) groups excluding carboxylic acids is 2. The summed E-state index contributed by atoms with van der Waals surface area (Å²) in [6, 6.07) is 29.0. The molecular weight excluding hydrogens is 500 g/mol. The summed E-state index contributed by atoms with van der Waals surface area (Å²) in [6.45, 7) is 7.39. The second kappa shape index (κ2) is 11.1. The van der Waals surface area contributed by atoms with Crippen LogP contribution in [-0.2, 0) is 30.0 Å². The Balaban J connectivity index is 1.63. The molecule has 8 heteroatoms. The maximum absolute atomic E-state index is 12.8. The second-order valence-electron chi connectivity index (χ2n) is 10.6. The number of rotatable bonds is 8. The van der Waals surface area contributed by atoms with Crippen LogP contribution in [0.2, 0.25) is 5.04 Å². The fourth-order valence-corrected chi connectivity index (χ4v) is 9.68. The Bertz CT molecular complexity index is 1180. The fraction of sp³-hybridized carbons (Fsp3) is 0.333. The van der Waals surface area contributed by atoms with Gasteiger partial charge in [-0.3, -0.25) is 0 Å². The molecule has 1 aliphatic heterocycles. The van der Waals surface area contributed by atoms with Crippen molar-refractivity contribution < 1.29 is 33.3 Å². The van der Waals surface area contributed by atoms with Gasteiger partial charge in [-0.15, -0.1) is 0 Å². The predicted molar refractivity (Wildman–Crippen MR) is 146 cm³/mol. The molecule has 0 spiro atoms. The average Bonchev–Trinajstić information content (AvgIpc) is 3.12. The summed E-state index contributed by atoms with van der Waals surface area (Å²) in [5, 5.41) is 12.8. The number of esters is 1. The Morgan fingerprint density at radius 1 is 0.895 bits per heavy atom. The Hall–Kier alpha value is -3.46. The van der Waals surface area contributed by atoms with Crippen LogP contribution in [0.3, 0.4) is 0 Å². The topological polar surface area (TPSA) is 91.3 Å². The number of benzene rings is 3. The van der Waals surface area contributed by atoms with Gasteiger partial charge in [0.2, 0.25) is 0 Å². The summed E-state index contributed by atoms with van der Waals surface area (Å²) in [7, 11) is -3.15. The van der Waals surface area contributed by atoms with Crippen LogP contribution in [0.25, 0.3) is 0 Å². The minimum Gasteiger partial charge on any atom is -0.454 e. The van der Waals surface area contributed by atoms with Gasteiger partial charge in [-0.25, -0.2) is 9.59 Å². The molecule has 0 aromatic heterocycles. The molecule has 1 aliphatic rings. The number of aliphatic hydroxyl groups is 1. The first-order chi connectivity index (χ1) is 18.1. The second-order valence-corrected chi connectivity index (χ2v) is 14.9. The Morgan fingerprint density at radius 3 is 1.89 bits per heavy atom. The largest absolute Gasteiger partial charge is 0.508 e. The van der Waals surface area contributed by atoms with Crippen molar-refractivity contribution in [3.05, 3.63) is 96.6 Å². The van der Waals surface area contributed by atoms with Crippen LogP contribution in [0.1, 0.15) is 33.3 Å². The molecule has 1 N–H and O–H groups in total. The molecule has 0 saturated carbocycles. The molecule has 1 fully saturated rings. The molecule has 1 heterocycles. The van der Waals surface area contributed by atoms with Crippen molar-refractivity contribution >= 4 is 30.8 Å². The number of hydrogen-bond acceptors (Lipinski definition) is 7. The van der Waals surface area contributed by atoms with Crippen molar-refractivity contribution in [1.82, 2.24) is 0 Å². The number of hydrogen-bond donors (Lipinski definition) is 1. The van der Waals surface area contributed by atoms with Crippen LogP contribution >= 0.6 is 0 Å². The van der Waals surface area contributed by atoms with Crippen molar-refractivity contribution in [3.63, 3.8) is 0 Å². The van der Waals surface area contributed by atoms with E-state index in [4.69, 9.17) is 18.6 Å². The van der Waals surface area contributed by atoms with Gasteiger partial charge in [0.15, 0.2) is 11.7 Å². The van der Waals surface area contributed by atoms with E-state index in [0.717, 1.165) is 15.9 Å². The van der Waals surface area contributed by atoms with Crippen molar-refractivity contribution in [1.29, 1.82) is 0 Å². The first-order valence-corrected chi connectivity index (χ1v) is 14.5. The highest BCUT2D eigenvalue weighted by atomic mass is 28.4. The summed E-state index contributed by atoms with van der Waals surface area (Å²) in [5.74, 6) is -0.827. The average molecular weight is 535 g/mol. The molecule has 3 atom stereocenters. The lowest BCUT2D eigenvalue weighted by Gasteiger charge is -2.46. The van der Waals surface area contributed by atoms with Crippen LogP contribution in [-0.4, -0.2) is 50.0 Å². The van der Waals surface area contributed by atoms with Crippen molar-refractivity contribution in [2.45, 2.75) is 57.1 Å². The van der Waals surface area contributed by atoms with Gasteiger partial charge in [0, 0.05) is 0 Å². The number of cyclic esters (lactones) is 1. The SMILES string of the molecule is CC(C)(C)[Si](O[C@@H]1[C@@H](COC(=O)OCc2ccccc2)OC(=O)[C@@]1(C)O)(c1ccccc1)c1ccccc1. The number of carbonyl (C=O) groups is 2. The van der Waals surface area contributed by atoms with Crippen LogP contribution in [0, 0.1) is 0 Å². The molecule has 38 heavy (non-hydrogen) atoms. The highest BCUT2D eigenvalue weighted by Gasteiger charge is 2.61. The maximum atomic E-state index is 12.8. The first-order valence-electron chi connectivity index (χ1n) is 12.6. The smallest absolute Gasteiger partial charge is 0.454 e. The highest BCUT2D eigenvalue weighted by molar-refractivity contribution is 6.99. The van der Waals surface area contributed by atoms with Crippen molar-refractivity contribution in [2.75, 3.05) is 6.61 Å². The summed E-state index contributed by atoms with van der Waals surface area (Å²) in [6.07, 6.45) is -3.02. The van der Waals surface area contributed by atoms with Crippen LogP contribution < -0.4 is 10.4 Å². The fourth-order valence-electron chi connectivity index (χ4n) is 4.90. The first kappa shape index (κ1) is 27.6. The van der Waals surface area contributed by atoms with E-state index < -0.39 is 43.3 Å². The molecule has 7 nitrogen and oxygen atoms in total. The van der Waals surface area contributed by atoms with Gasteiger partial charge < -0.3 is 23.7 Å². The predicted octanol–water partition coefficient (Wildman–Crippen LogP) is 3.96. The maximum Gasteiger partial charge on any atom is 0.508 e. The summed E-state index contributed by atoms with van der Waals surface area (Å²) in [5.41, 5.74) is -1.14. The van der Waals surface area contributed by atoms with Crippen LogP contribution in [0.4, 0.5) is 4.79 Å². The van der Waals surface area contributed by atoms with E-state index >= 15 is 0 Å². The summed E-state index contributed by atoms with van der Waals surface area (Å²) < 4.78 is 23.0. The van der Waals surface area contributed by atoms with Gasteiger partial charge >= 0.3 is 12.1 Å². The zero-order chi connectivity index (χ0) is 27.4. The Kier molecular flexibility index (Phi) is 8.06. The molecule has 0 radical (unpaired) electrons. The Labute approximate surface area is 224 Å². The molecule has 0 unspecified atom stereocenters. The van der Waals surface area contributed by atoms with Crippen molar-refractivity contribution in [2.24, 2.45) is 0 Å². The monoisotopic (exact) mass is 534 g/mol. The minimum atomic E-state index is -3.15. The van der Waals surface area contributed by atoms with E-state index in [9.17, 15) is 14.7 Å². The minimum absolute atomic E-state index is 0.0455. The van der Waals surface area contributed by atoms with Gasteiger partial charge in [-0.05, 0) is 27.9 Å². The van der Waals surface area contributed by atoms with Gasteiger partial charge in [-0.1, -0.05) is 112 Å². The van der Waals surface area contributed by atoms with E-state index in [2.05, 4.69) is 20.8 Å². The van der Waals surface area contributed by atoms with Crippen LogP contribution in [0.5, 0.6) is 0 Å². The molecular formula is C30H34O7Si. The molecule has 1 saturated heterocycles. The lowest BCUT2D eigenvalue weighted by atomic mass is 9.99. The molecule has 3 aromatic rings. The lowest BCUT2D eigenvalue weighted by Crippen LogP contribution is -2.70. The van der Waals surface area contributed by atoms with E-state index in [1.807, 2.05) is 91.0 Å². The normalized spacial score (nSPS) is 21.6. The Morgan fingerprint density at radius 2 is 1.39 bits per heavy atom. The molecule has 3 aromatic carbocycles. The van der Waals surface area contributed by atoms with Gasteiger partial charge in [0.25, 0.3) is 8.32 Å². The van der Waals surface area contributed by atoms with Gasteiger partial charge in [0.1, 0.15) is 19.3 Å².